The monoisotopic (exact) mass is 503 g/mol. The number of carbonyl (C=O) groups excluding carboxylic acids is 1. The number of ketones is 1. The number of aryl methyl sites for hydroxylation is 1. The van der Waals surface area contributed by atoms with Crippen LogP contribution in [0, 0.1) is 6.92 Å². The summed E-state index contributed by atoms with van der Waals surface area (Å²) >= 11 is 6.05. The Morgan fingerprint density at radius 3 is 2.83 bits per heavy atom. The van der Waals surface area contributed by atoms with Crippen molar-refractivity contribution in [1.82, 2.24) is 10.2 Å². The predicted molar refractivity (Wildman–Crippen MR) is 126 cm³/mol. The van der Waals surface area contributed by atoms with Gasteiger partial charge in [-0.3, -0.25) is 4.79 Å². The van der Waals surface area contributed by atoms with Gasteiger partial charge >= 0.3 is 5.97 Å². The number of carbonyl (C=O) groups is 2. The first-order valence-corrected chi connectivity index (χ1v) is 12.0. The van der Waals surface area contributed by atoms with E-state index in [2.05, 4.69) is 5.32 Å². The predicted octanol–water partition coefficient (Wildman–Crippen LogP) is 2.96. The number of Topliss-reactive ketones (excluding diaryl/α,β-unsaturated/α-hetero) is 1. The minimum atomic E-state index is -1.35. The standard InChI is InChI=1S/C25H27ClFN3O5/c1-13-10-14(4-5-16(13)26)34-9-8-29-20-18(27)19(28)17-21-23(20)35-12-25(6-2-3-7-25)30(21)11-15(22(17)31)24(32)33/h4-5,10-11,21,23,29H,2-3,6-9,12,28H2,1H3,(H,32,33). The van der Waals surface area contributed by atoms with E-state index >= 15 is 4.39 Å². The molecule has 1 aromatic carbocycles. The summed E-state index contributed by atoms with van der Waals surface area (Å²) in [5.41, 5.74) is 5.93. The van der Waals surface area contributed by atoms with Crippen molar-refractivity contribution in [2.75, 3.05) is 19.8 Å². The molecule has 0 radical (unpaired) electrons. The third kappa shape index (κ3) is 3.87. The lowest BCUT2D eigenvalue weighted by atomic mass is 9.77. The number of hydrogen-bond donors (Lipinski definition) is 3. The highest BCUT2D eigenvalue weighted by Gasteiger charge is 2.56. The summed E-state index contributed by atoms with van der Waals surface area (Å²) in [4.78, 5) is 26.8. The summed E-state index contributed by atoms with van der Waals surface area (Å²) in [5, 5.41) is 13.3. The third-order valence-electron chi connectivity index (χ3n) is 7.35. The summed E-state index contributed by atoms with van der Waals surface area (Å²) in [7, 11) is 0. The van der Waals surface area contributed by atoms with Crippen LogP contribution in [0.5, 0.6) is 5.75 Å². The van der Waals surface area contributed by atoms with Gasteiger partial charge in [-0.05, 0) is 43.5 Å². The molecule has 1 aromatic rings. The minimum Gasteiger partial charge on any atom is -0.492 e. The molecule has 1 saturated carbocycles. The number of rotatable bonds is 6. The highest BCUT2D eigenvalue weighted by Crippen LogP contribution is 2.48. The number of ether oxygens (including phenoxy) is 2. The second-order valence-electron chi connectivity index (χ2n) is 9.43. The fourth-order valence-electron chi connectivity index (χ4n) is 5.58. The Morgan fingerprint density at radius 1 is 1.40 bits per heavy atom. The number of nitrogens with one attached hydrogen (secondary N) is 1. The lowest BCUT2D eigenvalue weighted by Crippen LogP contribution is -2.66. The lowest BCUT2D eigenvalue weighted by molar-refractivity contribution is -0.138. The van der Waals surface area contributed by atoms with Gasteiger partial charge in [0.15, 0.2) is 5.83 Å². The molecule has 2 unspecified atom stereocenters. The van der Waals surface area contributed by atoms with Crippen LogP contribution in [0.25, 0.3) is 0 Å². The number of carboxylic acid groups (broad SMARTS) is 1. The topological polar surface area (TPSA) is 114 Å². The molecule has 2 aliphatic heterocycles. The molecule has 1 saturated heterocycles. The van der Waals surface area contributed by atoms with Crippen LogP contribution in [-0.2, 0) is 14.3 Å². The molecule has 2 heterocycles. The van der Waals surface area contributed by atoms with E-state index in [9.17, 15) is 14.7 Å². The van der Waals surface area contributed by atoms with E-state index in [-0.39, 0.29) is 30.1 Å². The summed E-state index contributed by atoms with van der Waals surface area (Å²) < 4.78 is 27.4. The Hall–Kier alpha value is -3.04. The van der Waals surface area contributed by atoms with Gasteiger partial charge in [0.05, 0.1) is 35.2 Å². The Labute approximate surface area is 207 Å². The SMILES string of the molecule is Cc1cc(OCCNC2=C(F)C(N)=C3C(=O)C(C(=O)O)=CN4C3C2OCC42CCCC2)ccc1Cl. The second-order valence-corrected chi connectivity index (χ2v) is 9.84. The van der Waals surface area contributed by atoms with Crippen LogP contribution in [0.3, 0.4) is 0 Å². The molecule has 186 valence electrons. The fraction of sp³-hybridized carbons (Fsp3) is 0.440. The van der Waals surface area contributed by atoms with Gasteiger partial charge in [-0.25, -0.2) is 9.18 Å². The van der Waals surface area contributed by atoms with Crippen molar-refractivity contribution in [3.8, 4) is 5.75 Å². The molecular weight excluding hydrogens is 477 g/mol. The van der Waals surface area contributed by atoms with Crippen LogP contribution < -0.4 is 15.8 Å². The van der Waals surface area contributed by atoms with Gasteiger partial charge in [-0.2, -0.15) is 0 Å². The van der Waals surface area contributed by atoms with E-state index in [1.807, 2.05) is 17.9 Å². The van der Waals surface area contributed by atoms with Crippen molar-refractivity contribution < 1.29 is 28.6 Å². The zero-order valence-corrected chi connectivity index (χ0v) is 20.0. The minimum absolute atomic E-state index is 0.0446. The van der Waals surface area contributed by atoms with Crippen molar-refractivity contribution >= 4 is 23.4 Å². The lowest BCUT2D eigenvalue weighted by Gasteiger charge is -2.55. The first-order chi connectivity index (χ1) is 16.7. The quantitative estimate of drug-likeness (QED) is 0.401. The number of hydrogen-bond acceptors (Lipinski definition) is 7. The van der Waals surface area contributed by atoms with E-state index in [0.717, 1.165) is 31.2 Å². The molecule has 8 nitrogen and oxygen atoms in total. The number of nitrogens with zero attached hydrogens (tertiary/aromatic N) is 1. The maximum Gasteiger partial charge on any atom is 0.341 e. The highest BCUT2D eigenvalue weighted by molar-refractivity contribution is 6.31. The molecule has 1 spiro atoms. The number of morpholine rings is 1. The van der Waals surface area contributed by atoms with Crippen LogP contribution in [0.2, 0.25) is 5.02 Å². The number of halogens is 2. The molecule has 35 heavy (non-hydrogen) atoms. The first kappa shape index (κ1) is 23.7. The summed E-state index contributed by atoms with van der Waals surface area (Å²) in [6, 6.07) is 4.63. The zero-order valence-electron chi connectivity index (χ0n) is 19.3. The average molecular weight is 504 g/mol. The Balaban J connectivity index is 1.42. The van der Waals surface area contributed by atoms with Gasteiger partial charge in [0.25, 0.3) is 0 Å². The Kier molecular flexibility index (Phi) is 6.01. The molecule has 2 aliphatic carbocycles. The molecule has 2 fully saturated rings. The zero-order chi connectivity index (χ0) is 24.9. The number of allylic oxidation sites excluding steroid dienone is 1. The van der Waals surface area contributed by atoms with Crippen LogP contribution in [-0.4, -0.2) is 59.2 Å². The summed E-state index contributed by atoms with van der Waals surface area (Å²) in [6.07, 6.45) is 4.12. The number of nitrogens with two attached hydrogens (primary N) is 1. The van der Waals surface area contributed by atoms with Gasteiger partial charge in [0.1, 0.15) is 24.0 Å². The van der Waals surface area contributed by atoms with Crippen molar-refractivity contribution in [3.05, 3.63) is 63.4 Å². The van der Waals surface area contributed by atoms with Crippen molar-refractivity contribution in [1.29, 1.82) is 0 Å². The molecule has 0 bridgehead atoms. The number of aliphatic carboxylic acids is 1. The fourth-order valence-corrected chi connectivity index (χ4v) is 5.69. The number of fused-ring (bicyclic) bond motifs is 1. The van der Waals surface area contributed by atoms with E-state index in [1.165, 1.54) is 6.20 Å². The molecule has 4 aliphatic rings. The average Bonchev–Trinajstić information content (AvgIpc) is 3.29. The molecule has 4 N–H and O–H groups in total. The number of carboxylic acids is 1. The normalized spacial score (nSPS) is 25.1. The van der Waals surface area contributed by atoms with Gasteiger partial charge in [0.2, 0.25) is 5.78 Å². The van der Waals surface area contributed by atoms with E-state index in [4.69, 9.17) is 26.8 Å². The van der Waals surface area contributed by atoms with Gasteiger partial charge in [-0.1, -0.05) is 24.4 Å². The second kappa shape index (κ2) is 8.87. The van der Waals surface area contributed by atoms with Crippen LogP contribution in [0.4, 0.5) is 4.39 Å². The van der Waals surface area contributed by atoms with E-state index in [0.29, 0.717) is 17.4 Å². The van der Waals surface area contributed by atoms with Crippen molar-refractivity contribution in [3.63, 3.8) is 0 Å². The molecule has 2 atom stereocenters. The molecule has 0 aromatic heterocycles. The van der Waals surface area contributed by atoms with Crippen molar-refractivity contribution in [2.45, 2.75) is 50.3 Å². The smallest absolute Gasteiger partial charge is 0.341 e. The van der Waals surface area contributed by atoms with Crippen LogP contribution >= 0.6 is 11.6 Å². The Morgan fingerprint density at radius 2 is 2.14 bits per heavy atom. The Bertz CT molecular complexity index is 1190. The molecule has 10 heteroatoms. The molecule has 0 amide bonds. The van der Waals surface area contributed by atoms with Crippen LogP contribution in [0.1, 0.15) is 31.2 Å². The third-order valence-corrected chi connectivity index (χ3v) is 7.77. The molecule has 5 rings (SSSR count). The van der Waals surface area contributed by atoms with Gasteiger partial charge < -0.3 is 30.5 Å². The van der Waals surface area contributed by atoms with E-state index in [1.54, 1.807) is 12.1 Å². The highest BCUT2D eigenvalue weighted by atomic mass is 35.5. The maximum atomic E-state index is 15.5. The first-order valence-electron chi connectivity index (χ1n) is 11.7. The van der Waals surface area contributed by atoms with Crippen molar-refractivity contribution in [2.24, 2.45) is 5.73 Å². The largest absolute Gasteiger partial charge is 0.492 e. The van der Waals surface area contributed by atoms with Gasteiger partial charge in [0, 0.05) is 17.8 Å². The summed E-state index contributed by atoms with van der Waals surface area (Å²) in [5.74, 6) is -2.28. The number of benzene rings is 1. The van der Waals surface area contributed by atoms with Crippen LogP contribution in [0.15, 0.2) is 52.8 Å². The summed E-state index contributed by atoms with van der Waals surface area (Å²) in [6.45, 7) is 2.68. The van der Waals surface area contributed by atoms with E-state index < -0.39 is 40.8 Å². The maximum absolute atomic E-state index is 15.5. The van der Waals surface area contributed by atoms with Gasteiger partial charge in [-0.15, -0.1) is 0 Å². The molecular formula is C25H27ClFN3O5.